The fraction of sp³-hybridized carbons (Fsp3) is 0.464. The Kier molecular flexibility index (Phi) is 6.75. The number of hydrogen-bond donors (Lipinski definition) is 2. The molecular formula is C28H32N2O5. The minimum atomic E-state index is -1.07. The Bertz CT molecular complexity index is 1060. The largest absolute Gasteiger partial charge is 0.450 e. The first kappa shape index (κ1) is 23.4. The van der Waals surface area contributed by atoms with Crippen molar-refractivity contribution in [3.8, 4) is 11.1 Å². The van der Waals surface area contributed by atoms with Crippen molar-refractivity contribution in [2.45, 2.75) is 69.6 Å². The zero-order valence-electron chi connectivity index (χ0n) is 20.0. The van der Waals surface area contributed by atoms with Crippen LogP contribution in [-0.2, 0) is 19.1 Å². The molecule has 0 saturated heterocycles. The van der Waals surface area contributed by atoms with Crippen LogP contribution in [0.2, 0.25) is 0 Å². The maximum absolute atomic E-state index is 13.0. The quantitative estimate of drug-likeness (QED) is 0.527. The average molecular weight is 477 g/mol. The average Bonchev–Trinajstić information content (AvgIpc) is 3.57. The van der Waals surface area contributed by atoms with Crippen molar-refractivity contribution in [1.82, 2.24) is 10.6 Å². The van der Waals surface area contributed by atoms with Gasteiger partial charge in [-0.2, -0.15) is 0 Å². The maximum Gasteiger partial charge on any atom is 0.407 e. The van der Waals surface area contributed by atoms with E-state index in [-0.39, 0.29) is 24.5 Å². The lowest BCUT2D eigenvalue weighted by Gasteiger charge is -2.33. The molecule has 3 aliphatic carbocycles. The molecule has 2 atom stereocenters. The van der Waals surface area contributed by atoms with Crippen LogP contribution in [0.5, 0.6) is 0 Å². The maximum atomic E-state index is 13.0. The molecule has 0 aromatic heterocycles. The third-order valence-corrected chi connectivity index (χ3v) is 7.30. The van der Waals surface area contributed by atoms with Gasteiger partial charge in [-0.05, 0) is 47.4 Å². The van der Waals surface area contributed by atoms with Crippen LogP contribution < -0.4 is 10.6 Å². The molecule has 184 valence electrons. The van der Waals surface area contributed by atoms with Crippen molar-refractivity contribution in [3.05, 3.63) is 59.7 Å². The predicted molar refractivity (Wildman–Crippen MR) is 131 cm³/mol. The third-order valence-electron chi connectivity index (χ3n) is 7.30. The number of nitrogens with one attached hydrogen (secondary N) is 2. The van der Waals surface area contributed by atoms with Crippen molar-refractivity contribution in [1.29, 1.82) is 0 Å². The van der Waals surface area contributed by atoms with Gasteiger partial charge in [0.25, 0.3) is 5.91 Å². The Labute approximate surface area is 205 Å². The Hall–Kier alpha value is -3.35. The smallest absolute Gasteiger partial charge is 0.407 e. The van der Waals surface area contributed by atoms with E-state index in [1.54, 1.807) is 0 Å². The van der Waals surface area contributed by atoms with Gasteiger partial charge in [0, 0.05) is 18.9 Å². The molecule has 5 rings (SSSR count). The molecular weight excluding hydrogens is 444 g/mol. The molecule has 3 aliphatic rings. The Morgan fingerprint density at radius 1 is 0.943 bits per heavy atom. The van der Waals surface area contributed by atoms with E-state index in [9.17, 15) is 14.4 Å². The minimum Gasteiger partial charge on any atom is -0.450 e. The van der Waals surface area contributed by atoms with Crippen LogP contribution in [0.1, 0.15) is 62.5 Å². The second-order valence-electron chi connectivity index (χ2n) is 9.92. The number of hydrogen-bond acceptors (Lipinski definition) is 5. The number of alkyl carbamates (subject to hydrolysis) is 1. The highest BCUT2D eigenvalue weighted by Gasteiger charge is 2.38. The molecule has 0 heterocycles. The first-order valence-electron chi connectivity index (χ1n) is 12.6. The molecule has 7 heteroatoms. The molecule has 2 fully saturated rings. The van der Waals surface area contributed by atoms with Crippen molar-refractivity contribution in [2.24, 2.45) is 5.92 Å². The Balaban J connectivity index is 1.28. The van der Waals surface area contributed by atoms with Gasteiger partial charge in [-0.15, -0.1) is 0 Å². The molecule has 7 nitrogen and oxygen atoms in total. The summed E-state index contributed by atoms with van der Waals surface area (Å²) < 4.78 is 11.1. The van der Waals surface area contributed by atoms with Crippen LogP contribution >= 0.6 is 0 Å². The molecule has 35 heavy (non-hydrogen) atoms. The monoisotopic (exact) mass is 476 g/mol. The number of rotatable bonds is 9. The number of carbonyl (C=O) groups excluding carboxylic acids is 3. The summed E-state index contributed by atoms with van der Waals surface area (Å²) in [5.41, 5.74) is 4.58. The summed E-state index contributed by atoms with van der Waals surface area (Å²) in [6.45, 7) is 1.47. The van der Waals surface area contributed by atoms with E-state index in [2.05, 4.69) is 34.9 Å². The van der Waals surface area contributed by atoms with Gasteiger partial charge in [-0.3, -0.25) is 9.59 Å². The van der Waals surface area contributed by atoms with Gasteiger partial charge < -0.3 is 20.1 Å². The second kappa shape index (κ2) is 10.1. The topological polar surface area (TPSA) is 93.7 Å². The lowest BCUT2D eigenvalue weighted by molar-refractivity contribution is -0.156. The van der Waals surface area contributed by atoms with Crippen LogP contribution in [0.3, 0.4) is 0 Å². The SMILES string of the molecule is CC(=O)OC(C(=O)NC1CC1)[C@H](CC1CCC1)NC(=O)OCC1c2ccccc2-c2ccccc21. The molecule has 0 aliphatic heterocycles. The van der Waals surface area contributed by atoms with Gasteiger partial charge in [-0.25, -0.2) is 4.79 Å². The van der Waals surface area contributed by atoms with Crippen LogP contribution in [0.4, 0.5) is 4.79 Å². The van der Waals surface area contributed by atoms with Gasteiger partial charge >= 0.3 is 12.1 Å². The standard InChI is InChI=1S/C28H32N2O5/c1-17(31)35-26(27(32)29-19-13-14-19)25(15-18-7-6-8-18)30-28(33)34-16-24-22-11-4-2-9-20(22)21-10-3-5-12-23(21)24/h2-5,9-12,18-19,24-26H,6-8,13-16H2,1H3,(H,29,32)(H,30,33)/t25-,26?/m0/s1. The summed E-state index contributed by atoms with van der Waals surface area (Å²) >= 11 is 0. The molecule has 1 unspecified atom stereocenters. The lowest BCUT2D eigenvalue weighted by Crippen LogP contribution is -2.54. The summed E-state index contributed by atoms with van der Waals surface area (Å²) in [4.78, 5) is 37.7. The van der Waals surface area contributed by atoms with Crippen LogP contribution in [0.25, 0.3) is 11.1 Å². The highest BCUT2D eigenvalue weighted by Crippen LogP contribution is 2.44. The van der Waals surface area contributed by atoms with Gasteiger partial charge in [0.1, 0.15) is 6.61 Å². The van der Waals surface area contributed by atoms with E-state index in [0.717, 1.165) is 54.4 Å². The van der Waals surface area contributed by atoms with Gasteiger partial charge in [0.15, 0.2) is 6.10 Å². The minimum absolute atomic E-state index is 0.0549. The molecule has 0 radical (unpaired) electrons. The number of ether oxygens (including phenoxy) is 2. The van der Waals surface area contributed by atoms with Gasteiger partial charge in [0.2, 0.25) is 0 Å². The fourth-order valence-corrected chi connectivity index (χ4v) is 5.15. The van der Waals surface area contributed by atoms with Crippen molar-refractivity contribution >= 4 is 18.0 Å². The second-order valence-corrected chi connectivity index (χ2v) is 9.92. The third kappa shape index (κ3) is 5.34. The molecule has 0 spiro atoms. The molecule has 2 aromatic rings. The number of benzene rings is 2. The van der Waals surface area contributed by atoms with Crippen LogP contribution in [0, 0.1) is 5.92 Å². The van der Waals surface area contributed by atoms with E-state index < -0.39 is 24.2 Å². The Morgan fingerprint density at radius 3 is 2.11 bits per heavy atom. The number of esters is 1. The van der Waals surface area contributed by atoms with Crippen molar-refractivity contribution in [3.63, 3.8) is 0 Å². The highest BCUT2D eigenvalue weighted by molar-refractivity contribution is 5.85. The fourth-order valence-electron chi connectivity index (χ4n) is 5.15. The van der Waals surface area contributed by atoms with Crippen molar-refractivity contribution in [2.75, 3.05) is 6.61 Å². The molecule has 2 N–H and O–H groups in total. The molecule has 2 saturated carbocycles. The Morgan fingerprint density at radius 2 is 1.57 bits per heavy atom. The summed E-state index contributed by atoms with van der Waals surface area (Å²) in [7, 11) is 0. The zero-order valence-corrected chi connectivity index (χ0v) is 20.0. The van der Waals surface area contributed by atoms with Crippen LogP contribution in [0.15, 0.2) is 48.5 Å². The number of carbonyl (C=O) groups is 3. The van der Waals surface area contributed by atoms with E-state index in [1.165, 1.54) is 6.92 Å². The molecule has 0 bridgehead atoms. The molecule has 2 amide bonds. The first-order chi connectivity index (χ1) is 17.0. The van der Waals surface area contributed by atoms with Gasteiger partial charge in [-0.1, -0.05) is 67.8 Å². The predicted octanol–water partition coefficient (Wildman–Crippen LogP) is 4.29. The number of fused-ring (bicyclic) bond motifs is 3. The normalized spacial score (nSPS) is 18.4. The summed E-state index contributed by atoms with van der Waals surface area (Å²) in [5, 5.41) is 5.78. The molecule has 2 aromatic carbocycles. The highest BCUT2D eigenvalue weighted by atomic mass is 16.6. The van der Waals surface area contributed by atoms with Crippen LogP contribution in [-0.4, -0.2) is 42.8 Å². The van der Waals surface area contributed by atoms with Gasteiger partial charge in [0.05, 0.1) is 6.04 Å². The summed E-state index contributed by atoms with van der Waals surface area (Å²) in [6, 6.07) is 15.8. The van der Waals surface area contributed by atoms with E-state index in [1.807, 2.05) is 24.3 Å². The van der Waals surface area contributed by atoms with E-state index >= 15 is 0 Å². The lowest BCUT2D eigenvalue weighted by atomic mass is 9.80. The first-order valence-corrected chi connectivity index (χ1v) is 12.6. The summed E-state index contributed by atoms with van der Waals surface area (Å²) in [5.74, 6) is -0.568. The van der Waals surface area contributed by atoms with E-state index in [4.69, 9.17) is 9.47 Å². The zero-order chi connectivity index (χ0) is 24.4. The number of amides is 2. The van der Waals surface area contributed by atoms with E-state index in [0.29, 0.717) is 12.3 Å². The van der Waals surface area contributed by atoms with Crippen molar-refractivity contribution < 1.29 is 23.9 Å². The summed E-state index contributed by atoms with van der Waals surface area (Å²) in [6.07, 6.45) is 3.95.